The molecule has 1 fully saturated rings. The van der Waals surface area contributed by atoms with Crippen molar-refractivity contribution >= 4 is 11.6 Å². The topological polar surface area (TPSA) is 98.2 Å². The summed E-state index contributed by atoms with van der Waals surface area (Å²) in [6, 6.07) is 3.74. The molecule has 1 aliphatic carbocycles. The highest BCUT2D eigenvalue weighted by molar-refractivity contribution is 5.80. The number of hydrogen-bond acceptors (Lipinski definition) is 6. The van der Waals surface area contributed by atoms with Crippen LogP contribution in [0.2, 0.25) is 0 Å². The first-order valence-corrected chi connectivity index (χ1v) is 8.08. The van der Waals surface area contributed by atoms with Gasteiger partial charge in [-0.25, -0.2) is 0 Å². The normalized spacial score (nSPS) is 14.5. The Morgan fingerprint density at radius 1 is 1.42 bits per heavy atom. The standard InChI is InChI=1S/C16H18N6O2/c1-9(2)13-18-16(24-21-13)11-4-3-7-22-12(19-20-14(11)22)8-17-15(23)10-5-6-10/h3-4,7,9-10H,5-6,8H2,1-2H3,(H,17,23). The summed E-state index contributed by atoms with van der Waals surface area (Å²) in [6.07, 6.45) is 3.81. The van der Waals surface area contributed by atoms with Crippen molar-refractivity contribution in [3.05, 3.63) is 30.0 Å². The fraction of sp³-hybridized carbons (Fsp3) is 0.438. The van der Waals surface area contributed by atoms with Gasteiger partial charge >= 0.3 is 0 Å². The second-order valence-electron chi connectivity index (χ2n) is 6.34. The number of amides is 1. The Kier molecular flexibility index (Phi) is 3.51. The summed E-state index contributed by atoms with van der Waals surface area (Å²) in [4.78, 5) is 16.2. The average molecular weight is 326 g/mol. The van der Waals surface area contributed by atoms with Crippen LogP contribution in [0, 0.1) is 5.92 Å². The SMILES string of the molecule is CC(C)c1noc(-c2cccn3c(CNC(=O)C4CC4)nnc23)n1. The average Bonchev–Trinajstić information content (AvgIpc) is 3.16. The molecule has 0 radical (unpaired) electrons. The van der Waals surface area contributed by atoms with E-state index in [1.807, 2.05) is 36.6 Å². The van der Waals surface area contributed by atoms with Crippen LogP contribution in [-0.4, -0.2) is 30.6 Å². The van der Waals surface area contributed by atoms with Crippen molar-refractivity contribution in [2.45, 2.75) is 39.2 Å². The van der Waals surface area contributed by atoms with Crippen molar-refractivity contribution in [1.29, 1.82) is 0 Å². The van der Waals surface area contributed by atoms with E-state index in [9.17, 15) is 4.79 Å². The van der Waals surface area contributed by atoms with Crippen LogP contribution in [0.3, 0.4) is 0 Å². The number of carbonyl (C=O) groups is 1. The van der Waals surface area contributed by atoms with E-state index in [0.717, 1.165) is 18.4 Å². The highest BCUT2D eigenvalue weighted by Gasteiger charge is 2.29. The number of nitrogens with one attached hydrogen (secondary N) is 1. The van der Waals surface area contributed by atoms with Crippen molar-refractivity contribution in [2.24, 2.45) is 5.92 Å². The van der Waals surface area contributed by atoms with Gasteiger partial charge in [0.1, 0.15) is 0 Å². The number of carbonyl (C=O) groups excluding carboxylic acids is 1. The van der Waals surface area contributed by atoms with Gasteiger partial charge < -0.3 is 9.84 Å². The monoisotopic (exact) mass is 326 g/mol. The van der Waals surface area contributed by atoms with E-state index in [-0.39, 0.29) is 17.7 Å². The second-order valence-corrected chi connectivity index (χ2v) is 6.34. The van der Waals surface area contributed by atoms with Crippen LogP contribution >= 0.6 is 0 Å². The molecule has 124 valence electrons. The van der Waals surface area contributed by atoms with Crippen molar-refractivity contribution in [2.75, 3.05) is 0 Å². The van der Waals surface area contributed by atoms with Crippen LogP contribution in [0.5, 0.6) is 0 Å². The van der Waals surface area contributed by atoms with Gasteiger partial charge in [0, 0.05) is 18.0 Å². The summed E-state index contributed by atoms with van der Waals surface area (Å²) in [7, 11) is 0. The molecular weight excluding hydrogens is 308 g/mol. The fourth-order valence-corrected chi connectivity index (χ4v) is 2.49. The molecule has 0 spiro atoms. The minimum atomic E-state index is 0.0846. The van der Waals surface area contributed by atoms with Gasteiger partial charge in [0.15, 0.2) is 17.3 Å². The summed E-state index contributed by atoms with van der Waals surface area (Å²) >= 11 is 0. The lowest BCUT2D eigenvalue weighted by Crippen LogP contribution is -2.25. The Balaban J connectivity index is 1.63. The molecule has 3 aromatic rings. The Labute approximate surface area is 138 Å². The van der Waals surface area contributed by atoms with E-state index in [4.69, 9.17) is 4.52 Å². The van der Waals surface area contributed by atoms with E-state index in [0.29, 0.717) is 29.7 Å². The third-order valence-corrected chi connectivity index (χ3v) is 4.06. The third-order valence-electron chi connectivity index (χ3n) is 4.06. The lowest BCUT2D eigenvalue weighted by atomic mass is 10.2. The van der Waals surface area contributed by atoms with Crippen molar-refractivity contribution in [1.82, 2.24) is 30.1 Å². The molecule has 1 aliphatic rings. The molecule has 1 saturated carbocycles. The zero-order chi connectivity index (χ0) is 16.7. The van der Waals surface area contributed by atoms with Crippen LogP contribution < -0.4 is 5.32 Å². The Bertz CT molecular complexity index is 893. The first kappa shape index (κ1) is 14.8. The van der Waals surface area contributed by atoms with Crippen molar-refractivity contribution in [3.8, 4) is 11.5 Å². The van der Waals surface area contributed by atoms with Gasteiger partial charge in [-0.05, 0) is 25.0 Å². The smallest absolute Gasteiger partial charge is 0.261 e. The molecule has 4 rings (SSSR count). The summed E-state index contributed by atoms with van der Waals surface area (Å²) in [5.41, 5.74) is 1.36. The maximum atomic E-state index is 11.8. The van der Waals surface area contributed by atoms with Gasteiger partial charge in [0.2, 0.25) is 5.91 Å². The predicted molar refractivity (Wildman–Crippen MR) is 84.9 cm³/mol. The van der Waals surface area contributed by atoms with E-state index >= 15 is 0 Å². The third kappa shape index (κ3) is 2.64. The van der Waals surface area contributed by atoms with Crippen LogP contribution in [0.25, 0.3) is 17.1 Å². The first-order chi connectivity index (χ1) is 11.6. The molecule has 0 atom stereocenters. The minimum absolute atomic E-state index is 0.0846. The van der Waals surface area contributed by atoms with E-state index in [1.165, 1.54) is 0 Å². The lowest BCUT2D eigenvalue weighted by Gasteiger charge is -2.03. The highest BCUT2D eigenvalue weighted by Crippen LogP contribution is 2.29. The molecule has 3 heterocycles. The van der Waals surface area contributed by atoms with Gasteiger partial charge in [-0.1, -0.05) is 19.0 Å². The summed E-state index contributed by atoms with van der Waals surface area (Å²) in [6.45, 7) is 4.36. The molecular formula is C16H18N6O2. The van der Waals surface area contributed by atoms with Crippen molar-refractivity contribution in [3.63, 3.8) is 0 Å². The summed E-state index contributed by atoms with van der Waals surface area (Å²) < 4.78 is 7.19. The summed E-state index contributed by atoms with van der Waals surface area (Å²) in [5, 5.41) is 15.3. The second kappa shape index (κ2) is 5.70. The molecule has 0 saturated heterocycles. The van der Waals surface area contributed by atoms with E-state index < -0.39 is 0 Å². The molecule has 24 heavy (non-hydrogen) atoms. The molecule has 1 amide bonds. The molecule has 8 nitrogen and oxygen atoms in total. The number of rotatable bonds is 5. The first-order valence-electron chi connectivity index (χ1n) is 8.08. The number of nitrogens with zero attached hydrogens (tertiary/aromatic N) is 5. The van der Waals surface area contributed by atoms with E-state index in [2.05, 4.69) is 25.7 Å². The molecule has 1 N–H and O–H groups in total. The maximum Gasteiger partial charge on any atom is 0.261 e. The van der Waals surface area contributed by atoms with Gasteiger partial charge in [-0.15, -0.1) is 10.2 Å². The zero-order valence-corrected chi connectivity index (χ0v) is 13.6. The van der Waals surface area contributed by atoms with Crippen LogP contribution in [-0.2, 0) is 11.3 Å². The van der Waals surface area contributed by atoms with Crippen LogP contribution in [0.15, 0.2) is 22.9 Å². The van der Waals surface area contributed by atoms with Gasteiger partial charge in [-0.2, -0.15) is 4.98 Å². The number of hydrogen-bond donors (Lipinski definition) is 1. The predicted octanol–water partition coefficient (Wildman–Crippen LogP) is 1.93. The lowest BCUT2D eigenvalue weighted by molar-refractivity contribution is -0.122. The van der Waals surface area contributed by atoms with Crippen molar-refractivity contribution < 1.29 is 9.32 Å². The highest BCUT2D eigenvalue weighted by atomic mass is 16.5. The fourth-order valence-electron chi connectivity index (χ4n) is 2.49. The van der Waals surface area contributed by atoms with Crippen LogP contribution in [0.1, 0.15) is 44.3 Å². The van der Waals surface area contributed by atoms with Crippen LogP contribution in [0.4, 0.5) is 0 Å². The van der Waals surface area contributed by atoms with Gasteiger partial charge in [0.05, 0.1) is 12.1 Å². The molecule has 0 bridgehead atoms. The van der Waals surface area contributed by atoms with Gasteiger partial charge in [0.25, 0.3) is 5.89 Å². The van der Waals surface area contributed by atoms with E-state index in [1.54, 1.807) is 0 Å². The minimum Gasteiger partial charge on any atom is -0.349 e. The quantitative estimate of drug-likeness (QED) is 0.769. The maximum absolute atomic E-state index is 11.8. The molecule has 8 heteroatoms. The molecule has 3 aromatic heterocycles. The molecule has 0 aromatic carbocycles. The number of fused-ring (bicyclic) bond motifs is 1. The Morgan fingerprint density at radius 2 is 2.25 bits per heavy atom. The Morgan fingerprint density at radius 3 is 2.96 bits per heavy atom. The summed E-state index contributed by atoms with van der Waals surface area (Å²) in [5.74, 6) is 2.19. The Hall–Kier alpha value is -2.77. The largest absolute Gasteiger partial charge is 0.349 e. The van der Waals surface area contributed by atoms with Gasteiger partial charge in [-0.3, -0.25) is 9.20 Å². The zero-order valence-electron chi connectivity index (χ0n) is 13.6. The molecule has 0 aliphatic heterocycles. The molecule has 0 unspecified atom stereocenters. The number of pyridine rings is 1. The number of aromatic nitrogens is 5.